The number of aromatic amines is 1. The van der Waals surface area contributed by atoms with Crippen LogP contribution < -0.4 is 5.32 Å². The second-order valence-electron chi connectivity index (χ2n) is 5.15. The SMILES string of the molecule is CC(C)C(O)CNC(=O)Cc1c[nH]c2ccccc12. The van der Waals surface area contributed by atoms with Crippen molar-refractivity contribution in [2.75, 3.05) is 6.54 Å². The molecule has 1 amide bonds. The number of nitrogens with one attached hydrogen (secondary N) is 2. The maximum absolute atomic E-state index is 11.8. The molecule has 0 saturated carbocycles. The van der Waals surface area contributed by atoms with Crippen LogP contribution >= 0.6 is 0 Å². The molecule has 0 bridgehead atoms. The van der Waals surface area contributed by atoms with Gasteiger partial charge in [0.15, 0.2) is 0 Å². The number of benzene rings is 1. The van der Waals surface area contributed by atoms with Crippen LogP contribution in [0, 0.1) is 5.92 Å². The second kappa shape index (κ2) is 5.89. The normalized spacial score (nSPS) is 12.8. The van der Waals surface area contributed by atoms with E-state index >= 15 is 0 Å². The first kappa shape index (κ1) is 13.6. The van der Waals surface area contributed by atoms with Gasteiger partial charge in [-0.2, -0.15) is 0 Å². The molecule has 0 aliphatic carbocycles. The number of carbonyl (C=O) groups is 1. The summed E-state index contributed by atoms with van der Waals surface area (Å²) in [5.74, 6) is 0.0813. The van der Waals surface area contributed by atoms with Crippen molar-refractivity contribution in [3.63, 3.8) is 0 Å². The first-order valence-electron chi connectivity index (χ1n) is 6.57. The van der Waals surface area contributed by atoms with E-state index in [4.69, 9.17) is 0 Å². The summed E-state index contributed by atoms with van der Waals surface area (Å²) in [6.07, 6.45) is 1.70. The Balaban J connectivity index is 1.96. The van der Waals surface area contributed by atoms with Gasteiger partial charge in [0.1, 0.15) is 0 Å². The molecular weight excluding hydrogens is 240 g/mol. The lowest BCUT2D eigenvalue weighted by Gasteiger charge is -2.14. The van der Waals surface area contributed by atoms with Crippen LogP contribution in [0.5, 0.6) is 0 Å². The van der Waals surface area contributed by atoms with E-state index in [0.29, 0.717) is 13.0 Å². The number of rotatable bonds is 5. The van der Waals surface area contributed by atoms with Crippen LogP contribution in [0.3, 0.4) is 0 Å². The highest BCUT2D eigenvalue weighted by Gasteiger charge is 2.12. The Kier molecular flexibility index (Phi) is 4.22. The number of hydrogen-bond acceptors (Lipinski definition) is 2. The van der Waals surface area contributed by atoms with Crippen LogP contribution in [0.15, 0.2) is 30.5 Å². The topological polar surface area (TPSA) is 65.1 Å². The molecule has 0 aliphatic heterocycles. The molecule has 1 heterocycles. The Morgan fingerprint density at radius 2 is 2.11 bits per heavy atom. The van der Waals surface area contributed by atoms with Crippen molar-refractivity contribution in [3.8, 4) is 0 Å². The summed E-state index contributed by atoms with van der Waals surface area (Å²) in [5, 5.41) is 13.5. The van der Waals surface area contributed by atoms with Crippen LogP contribution in [0.2, 0.25) is 0 Å². The molecule has 1 atom stereocenters. The van der Waals surface area contributed by atoms with Crippen LogP contribution in [-0.2, 0) is 11.2 Å². The Bertz CT molecular complexity index is 560. The van der Waals surface area contributed by atoms with Crippen LogP contribution in [0.25, 0.3) is 10.9 Å². The van der Waals surface area contributed by atoms with Gasteiger partial charge in [-0.25, -0.2) is 0 Å². The van der Waals surface area contributed by atoms with Crippen molar-refractivity contribution < 1.29 is 9.90 Å². The van der Waals surface area contributed by atoms with E-state index in [1.807, 2.05) is 44.3 Å². The summed E-state index contributed by atoms with van der Waals surface area (Å²) in [5.41, 5.74) is 2.01. The third-order valence-corrected chi connectivity index (χ3v) is 3.30. The third-order valence-electron chi connectivity index (χ3n) is 3.30. The Labute approximate surface area is 112 Å². The summed E-state index contributed by atoms with van der Waals surface area (Å²) in [7, 11) is 0. The minimum absolute atomic E-state index is 0.0653. The molecule has 0 spiro atoms. The predicted molar refractivity (Wildman–Crippen MR) is 75.9 cm³/mol. The van der Waals surface area contributed by atoms with Crippen molar-refractivity contribution in [2.45, 2.75) is 26.4 Å². The standard InChI is InChI=1S/C15H20N2O2/c1-10(2)14(18)9-17-15(19)7-11-8-16-13-6-4-3-5-12(11)13/h3-6,8,10,14,16,18H,7,9H2,1-2H3,(H,17,19). The number of aliphatic hydroxyl groups excluding tert-OH is 1. The van der Waals surface area contributed by atoms with Crippen molar-refractivity contribution in [1.29, 1.82) is 0 Å². The van der Waals surface area contributed by atoms with Gasteiger partial charge in [0, 0.05) is 23.6 Å². The van der Waals surface area contributed by atoms with Crippen molar-refractivity contribution >= 4 is 16.8 Å². The molecule has 1 unspecified atom stereocenters. The fraction of sp³-hybridized carbons (Fsp3) is 0.400. The molecule has 0 radical (unpaired) electrons. The lowest BCUT2D eigenvalue weighted by Crippen LogP contribution is -2.35. The Morgan fingerprint density at radius 3 is 2.84 bits per heavy atom. The summed E-state index contributed by atoms with van der Waals surface area (Å²) < 4.78 is 0. The Morgan fingerprint density at radius 1 is 1.37 bits per heavy atom. The first-order chi connectivity index (χ1) is 9.08. The number of aliphatic hydroxyl groups is 1. The van der Waals surface area contributed by atoms with E-state index in [1.54, 1.807) is 0 Å². The van der Waals surface area contributed by atoms with Gasteiger partial charge in [-0.15, -0.1) is 0 Å². The number of amides is 1. The minimum atomic E-state index is -0.494. The molecule has 0 aliphatic rings. The van der Waals surface area contributed by atoms with Crippen LogP contribution in [0.1, 0.15) is 19.4 Å². The molecule has 2 rings (SSSR count). The van der Waals surface area contributed by atoms with Crippen LogP contribution in [-0.4, -0.2) is 28.6 Å². The number of hydrogen-bond donors (Lipinski definition) is 3. The monoisotopic (exact) mass is 260 g/mol. The number of aromatic nitrogens is 1. The smallest absolute Gasteiger partial charge is 0.224 e. The highest BCUT2D eigenvalue weighted by molar-refractivity contribution is 5.88. The molecule has 0 saturated heterocycles. The van der Waals surface area contributed by atoms with Gasteiger partial charge in [-0.3, -0.25) is 4.79 Å². The lowest BCUT2D eigenvalue weighted by molar-refractivity contribution is -0.121. The summed E-state index contributed by atoms with van der Waals surface area (Å²) in [6.45, 7) is 4.16. The molecule has 1 aromatic heterocycles. The van der Waals surface area contributed by atoms with E-state index < -0.39 is 6.10 Å². The average Bonchev–Trinajstić information content (AvgIpc) is 2.79. The van der Waals surface area contributed by atoms with E-state index in [0.717, 1.165) is 16.5 Å². The number of H-pyrrole nitrogens is 1. The van der Waals surface area contributed by atoms with E-state index in [2.05, 4.69) is 10.3 Å². The van der Waals surface area contributed by atoms with Gasteiger partial charge in [-0.05, 0) is 17.5 Å². The largest absolute Gasteiger partial charge is 0.391 e. The predicted octanol–water partition coefficient (Wildman–Crippen LogP) is 1.84. The molecular formula is C15H20N2O2. The van der Waals surface area contributed by atoms with Gasteiger partial charge in [0.2, 0.25) is 5.91 Å². The average molecular weight is 260 g/mol. The summed E-state index contributed by atoms with van der Waals surface area (Å²) in [4.78, 5) is 15.0. The zero-order chi connectivity index (χ0) is 13.8. The quantitative estimate of drug-likeness (QED) is 0.768. The van der Waals surface area contributed by atoms with E-state index in [-0.39, 0.29) is 11.8 Å². The van der Waals surface area contributed by atoms with Gasteiger partial charge in [0.05, 0.1) is 12.5 Å². The Hall–Kier alpha value is -1.81. The fourth-order valence-electron chi connectivity index (χ4n) is 1.97. The van der Waals surface area contributed by atoms with Crippen molar-refractivity contribution in [1.82, 2.24) is 10.3 Å². The molecule has 4 nitrogen and oxygen atoms in total. The van der Waals surface area contributed by atoms with Crippen LogP contribution in [0.4, 0.5) is 0 Å². The highest BCUT2D eigenvalue weighted by atomic mass is 16.3. The van der Waals surface area contributed by atoms with E-state index in [1.165, 1.54) is 0 Å². The molecule has 2 aromatic rings. The van der Waals surface area contributed by atoms with Crippen molar-refractivity contribution in [3.05, 3.63) is 36.0 Å². The zero-order valence-corrected chi connectivity index (χ0v) is 11.3. The fourth-order valence-corrected chi connectivity index (χ4v) is 1.97. The zero-order valence-electron chi connectivity index (χ0n) is 11.3. The first-order valence-corrected chi connectivity index (χ1v) is 6.57. The summed E-state index contributed by atoms with van der Waals surface area (Å²) >= 11 is 0. The van der Waals surface area contributed by atoms with E-state index in [9.17, 15) is 9.90 Å². The van der Waals surface area contributed by atoms with Gasteiger partial charge < -0.3 is 15.4 Å². The molecule has 1 aromatic carbocycles. The molecule has 3 N–H and O–H groups in total. The maximum atomic E-state index is 11.8. The third kappa shape index (κ3) is 3.35. The summed E-state index contributed by atoms with van der Waals surface area (Å²) in [6, 6.07) is 7.90. The molecule has 0 fully saturated rings. The number of carbonyl (C=O) groups excluding carboxylic acids is 1. The highest BCUT2D eigenvalue weighted by Crippen LogP contribution is 2.17. The van der Waals surface area contributed by atoms with Gasteiger partial charge in [0.25, 0.3) is 0 Å². The molecule has 19 heavy (non-hydrogen) atoms. The number of fused-ring (bicyclic) bond motifs is 1. The minimum Gasteiger partial charge on any atom is -0.391 e. The maximum Gasteiger partial charge on any atom is 0.224 e. The van der Waals surface area contributed by atoms with Gasteiger partial charge in [-0.1, -0.05) is 32.0 Å². The molecule has 102 valence electrons. The second-order valence-corrected chi connectivity index (χ2v) is 5.15. The lowest BCUT2D eigenvalue weighted by atomic mass is 10.1. The number of para-hydroxylation sites is 1. The van der Waals surface area contributed by atoms with Crippen molar-refractivity contribution in [2.24, 2.45) is 5.92 Å². The van der Waals surface area contributed by atoms with Gasteiger partial charge >= 0.3 is 0 Å². The molecule has 4 heteroatoms.